The minimum absolute atomic E-state index is 0.0739. The third-order valence-corrected chi connectivity index (χ3v) is 6.97. The molecule has 0 saturated carbocycles. The van der Waals surface area contributed by atoms with Gasteiger partial charge in [-0.3, -0.25) is 4.79 Å². The number of halogens is 2. The molecule has 0 fully saturated rings. The van der Waals surface area contributed by atoms with Crippen molar-refractivity contribution in [3.63, 3.8) is 0 Å². The minimum atomic E-state index is -0.537. The molecule has 0 radical (unpaired) electrons. The van der Waals surface area contributed by atoms with Crippen LogP contribution in [0.1, 0.15) is 28.1 Å². The third kappa shape index (κ3) is 6.85. The minimum Gasteiger partial charge on any atom is -0.473 e. The van der Waals surface area contributed by atoms with Crippen molar-refractivity contribution in [2.45, 2.75) is 26.0 Å². The van der Waals surface area contributed by atoms with Crippen LogP contribution in [0.5, 0.6) is 5.88 Å². The van der Waals surface area contributed by atoms with Crippen LogP contribution < -0.4 is 4.74 Å². The maximum Gasteiger partial charge on any atom is 0.309 e. The maximum absolute atomic E-state index is 15.4. The molecular formula is C33H28F2N4O4. The lowest BCUT2D eigenvalue weighted by Gasteiger charge is -2.11. The number of aromatic nitrogens is 3. The molecule has 5 rings (SSSR count). The first-order valence-corrected chi connectivity index (χ1v) is 13.5. The molecule has 0 N–H and O–H groups in total. The van der Waals surface area contributed by atoms with Crippen LogP contribution in [0.15, 0.2) is 72.8 Å². The van der Waals surface area contributed by atoms with Gasteiger partial charge in [-0.25, -0.2) is 18.7 Å². The predicted molar refractivity (Wildman–Crippen MR) is 155 cm³/mol. The highest BCUT2D eigenvalue weighted by Gasteiger charge is 2.16. The van der Waals surface area contributed by atoms with Crippen molar-refractivity contribution in [2.75, 3.05) is 20.8 Å². The molecule has 0 spiro atoms. The van der Waals surface area contributed by atoms with Crippen LogP contribution in [-0.4, -0.2) is 41.3 Å². The Morgan fingerprint density at radius 2 is 1.77 bits per heavy atom. The SMILES string of the molecule is COCCn1c(Cc2ccc(-c3cccc(OCc4ccc(C#N)cc4F)n3)cc2F)nc2ccc(CC(=O)OC)cc21. The first-order chi connectivity index (χ1) is 20.9. The van der Waals surface area contributed by atoms with Crippen molar-refractivity contribution in [1.82, 2.24) is 14.5 Å². The Bertz CT molecular complexity index is 1830. The van der Waals surface area contributed by atoms with Gasteiger partial charge in [0.05, 0.1) is 48.5 Å². The Hall–Kier alpha value is -5.14. The van der Waals surface area contributed by atoms with Gasteiger partial charge in [0.15, 0.2) is 0 Å². The molecule has 43 heavy (non-hydrogen) atoms. The number of pyridine rings is 1. The number of hydrogen-bond acceptors (Lipinski definition) is 7. The number of nitriles is 1. The summed E-state index contributed by atoms with van der Waals surface area (Å²) in [7, 11) is 2.96. The van der Waals surface area contributed by atoms with Gasteiger partial charge in [-0.1, -0.05) is 30.3 Å². The number of carbonyl (C=O) groups is 1. The number of esters is 1. The van der Waals surface area contributed by atoms with E-state index in [9.17, 15) is 9.18 Å². The van der Waals surface area contributed by atoms with Crippen molar-refractivity contribution in [3.05, 3.63) is 113 Å². The molecule has 2 heterocycles. The number of fused-ring (bicyclic) bond motifs is 1. The van der Waals surface area contributed by atoms with Gasteiger partial charge in [0, 0.05) is 37.3 Å². The monoisotopic (exact) mass is 582 g/mol. The lowest BCUT2D eigenvalue weighted by molar-refractivity contribution is -0.139. The second-order valence-electron chi connectivity index (χ2n) is 9.80. The summed E-state index contributed by atoms with van der Waals surface area (Å²) < 4.78 is 47.4. The fourth-order valence-corrected chi connectivity index (χ4v) is 4.70. The van der Waals surface area contributed by atoms with Gasteiger partial charge in [-0.2, -0.15) is 5.26 Å². The molecule has 10 heteroatoms. The van der Waals surface area contributed by atoms with E-state index in [0.29, 0.717) is 35.8 Å². The second-order valence-corrected chi connectivity index (χ2v) is 9.80. The van der Waals surface area contributed by atoms with Gasteiger partial charge < -0.3 is 18.8 Å². The average molecular weight is 583 g/mol. The van der Waals surface area contributed by atoms with Gasteiger partial charge >= 0.3 is 5.97 Å². The van der Waals surface area contributed by atoms with Crippen molar-refractivity contribution >= 4 is 17.0 Å². The van der Waals surface area contributed by atoms with E-state index in [0.717, 1.165) is 22.7 Å². The fourth-order valence-electron chi connectivity index (χ4n) is 4.70. The Balaban J connectivity index is 1.35. The highest BCUT2D eigenvalue weighted by molar-refractivity contribution is 5.80. The lowest BCUT2D eigenvalue weighted by atomic mass is 10.1. The van der Waals surface area contributed by atoms with Crippen molar-refractivity contribution in [2.24, 2.45) is 0 Å². The average Bonchev–Trinajstić information content (AvgIpc) is 3.36. The van der Waals surface area contributed by atoms with E-state index >= 15 is 4.39 Å². The number of methoxy groups -OCH3 is 2. The number of hydrogen-bond donors (Lipinski definition) is 0. The van der Waals surface area contributed by atoms with Crippen LogP contribution in [0.25, 0.3) is 22.3 Å². The van der Waals surface area contributed by atoms with E-state index in [4.69, 9.17) is 24.5 Å². The summed E-state index contributed by atoms with van der Waals surface area (Å²) in [6.45, 7) is 0.866. The Kier molecular flexibility index (Phi) is 9.03. The van der Waals surface area contributed by atoms with Gasteiger partial charge in [-0.05, 0) is 47.5 Å². The van der Waals surface area contributed by atoms with E-state index in [1.807, 2.05) is 28.8 Å². The van der Waals surface area contributed by atoms with Crippen LogP contribution in [0.2, 0.25) is 0 Å². The third-order valence-electron chi connectivity index (χ3n) is 6.97. The van der Waals surface area contributed by atoms with E-state index < -0.39 is 11.6 Å². The number of rotatable bonds is 11. The lowest BCUT2D eigenvalue weighted by Crippen LogP contribution is -2.10. The maximum atomic E-state index is 15.4. The van der Waals surface area contributed by atoms with Crippen LogP contribution in [0.4, 0.5) is 8.78 Å². The first-order valence-electron chi connectivity index (χ1n) is 13.5. The normalized spacial score (nSPS) is 11.0. The Morgan fingerprint density at radius 3 is 2.51 bits per heavy atom. The zero-order valence-corrected chi connectivity index (χ0v) is 23.6. The number of carbonyl (C=O) groups excluding carboxylic acids is 1. The Labute approximate surface area is 247 Å². The largest absolute Gasteiger partial charge is 0.473 e. The fraction of sp³-hybridized carbons (Fsp3) is 0.212. The van der Waals surface area contributed by atoms with Gasteiger partial charge in [-0.15, -0.1) is 0 Å². The number of imidazole rings is 1. The second kappa shape index (κ2) is 13.2. The van der Waals surface area contributed by atoms with Gasteiger partial charge in [0.25, 0.3) is 0 Å². The predicted octanol–water partition coefficient (Wildman–Crippen LogP) is 5.78. The van der Waals surface area contributed by atoms with Crippen LogP contribution in [0.3, 0.4) is 0 Å². The van der Waals surface area contributed by atoms with Crippen molar-refractivity contribution in [1.29, 1.82) is 5.26 Å². The summed E-state index contributed by atoms with van der Waals surface area (Å²) in [5.41, 5.74) is 4.37. The summed E-state index contributed by atoms with van der Waals surface area (Å²) in [6.07, 6.45) is 0.378. The molecule has 0 bridgehead atoms. The summed E-state index contributed by atoms with van der Waals surface area (Å²) in [5.74, 6) is -0.370. The highest BCUT2D eigenvalue weighted by Crippen LogP contribution is 2.26. The smallest absolute Gasteiger partial charge is 0.309 e. The quantitative estimate of drug-likeness (QED) is 0.182. The summed E-state index contributed by atoms with van der Waals surface area (Å²) in [5, 5.41) is 8.92. The topological polar surface area (TPSA) is 99.3 Å². The first kappa shape index (κ1) is 29.4. The van der Waals surface area contributed by atoms with Crippen molar-refractivity contribution in [3.8, 4) is 23.2 Å². The van der Waals surface area contributed by atoms with E-state index in [1.165, 1.54) is 25.3 Å². The molecule has 218 valence electrons. The van der Waals surface area contributed by atoms with Gasteiger partial charge in [0.2, 0.25) is 5.88 Å². The van der Waals surface area contributed by atoms with Gasteiger partial charge in [0.1, 0.15) is 24.1 Å². The molecule has 2 aromatic heterocycles. The van der Waals surface area contributed by atoms with E-state index in [2.05, 4.69) is 4.98 Å². The molecule has 0 unspecified atom stereocenters. The molecule has 5 aromatic rings. The molecule has 0 amide bonds. The molecule has 0 aliphatic heterocycles. The molecular weight excluding hydrogens is 554 g/mol. The Morgan fingerprint density at radius 1 is 0.953 bits per heavy atom. The molecule has 0 saturated heterocycles. The highest BCUT2D eigenvalue weighted by atomic mass is 19.1. The van der Waals surface area contributed by atoms with E-state index in [1.54, 1.807) is 37.4 Å². The molecule has 0 aliphatic carbocycles. The van der Waals surface area contributed by atoms with Crippen LogP contribution >= 0.6 is 0 Å². The molecule has 8 nitrogen and oxygen atoms in total. The van der Waals surface area contributed by atoms with E-state index in [-0.39, 0.29) is 42.4 Å². The number of nitrogens with zero attached hydrogens (tertiary/aromatic N) is 4. The summed E-state index contributed by atoms with van der Waals surface area (Å²) in [6, 6.07) is 21.6. The molecule has 3 aromatic carbocycles. The van der Waals surface area contributed by atoms with Crippen LogP contribution in [0, 0.1) is 23.0 Å². The zero-order valence-electron chi connectivity index (χ0n) is 23.6. The summed E-state index contributed by atoms with van der Waals surface area (Å²) >= 11 is 0. The van der Waals surface area contributed by atoms with Crippen molar-refractivity contribution < 1.29 is 27.8 Å². The zero-order chi connectivity index (χ0) is 30.3. The molecule has 0 atom stereocenters. The van der Waals surface area contributed by atoms with Crippen LogP contribution in [-0.2, 0) is 40.3 Å². The standard InChI is InChI=1S/C33H28F2N4O4/c1-41-13-12-39-30-15-21(16-33(40)42-2)7-11-29(30)37-31(39)18-23-9-10-24(17-27(23)35)28-4-3-5-32(38-28)43-20-25-8-6-22(19-36)14-26(25)34/h3-11,14-15,17H,12-13,16,18,20H2,1-2H3. The summed E-state index contributed by atoms with van der Waals surface area (Å²) in [4.78, 5) is 21.0. The molecule has 0 aliphatic rings. The number of ether oxygens (including phenoxy) is 3. The number of benzene rings is 3.